The second kappa shape index (κ2) is 4.19. The van der Waals surface area contributed by atoms with Gasteiger partial charge in [0.15, 0.2) is 5.78 Å². The van der Waals surface area contributed by atoms with Gasteiger partial charge < -0.3 is 0 Å². The number of benzene rings is 1. The molecule has 3 heteroatoms. The summed E-state index contributed by atoms with van der Waals surface area (Å²) < 4.78 is 0.848. The van der Waals surface area contributed by atoms with Crippen molar-refractivity contribution in [3.05, 3.63) is 34.3 Å². The minimum absolute atomic E-state index is 0.0995. The van der Waals surface area contributed by atoms with Crippen LogP contribution < -0.4 is 0 Å². The summed E-state index contributed by atoms with van der Waals surface area (Å²) in [5.41, 5.74) is 0.724. The lowest BCUT2D eigenvalue weighted by Crippen LogP contribution is -2.10. The third kappa shape index (κ3) is 2.17. The maximum atomic E-state index is 11.5. The fourth-order valence-electron chi connectivity index (χ4n) is 0.875. The molecule has 0 N–H and O–H groups in total. The number of carbonyl (C=O) groups excluding carboxylic acids is 1. The number of hydrogen-bond acceptors (Lipinski definition) is 1. The molecule has 0 fully saturated rings. The van der Waals surface area contributed by atoms with Crippen molar-refractivity contribution in [2.45, 2.75) is 11.8 Å². The average molecular weight is 292 g/mol. The van der Waals surface area contributed by atoms with E-state index in [4.69, 9.17) is 0 Å². The van der Waals surface area contributed by atoms with Crippen molar-refractivity contribution in [3.8, 4) is 0 Å². The molecule has 1 rings (SSSR count). The minimum Gasteiger partial charge on any atom is -0.293 e. The second-order valence-electron chi connectivity index (χ2n) is 2.46. The fraction of sp³-hybridized carbons (Fsp3) is 0.222. The van der Waals surface area contributed by atoms with E-state index in [2.05, 4.69) is 31.9 Å². The molecule has 0 aliphatic heterocycles. The van der Waals surface area contributed by atoms with Crippen LogP contribution in [0.2, 0.25) is 0 Å². The Morgan fingerprint density at radius 2 is 2.00 bits per heavy atom. The molecule has 0 aliphatic carbocycles. The Labute approximate surface area is 88.4 Å². The smallest absolute Gasteiger partial charge is 0.177 e. The Morgan fingerprint density at radius 3 is 2.50 bits per heavy atom. The zero-order valence-electron chi connectivity index (χ0n) is 6.55. The van der Waals surface area contributed by atoms with Gasteiger partial charge in [-0.1, -0.05) is 50.1 Å². The van der Waals surface area contributed by atoms with E-state index in [0.29, 0.717) is 0 Å². The first-order valence-corrected chi connectivity index (χ1v) is 5.26. The van der Waals surface area contributed by atoms with Gasteiger partial charge in [-0.3, -0.25) is 4.79 Å². The van der Waals surface area contributed by atoms with Crippen LogP contribution in [0.4, 0.5) is 0 Å². The van der Waals surface area contributed by atoms with Gasteiger partial charge >= 0.3 is 0 Å². The van der Waals surface area contributed by atoms with Crippen LogP contribution in [-0.2, 0) is 0 Å². The van der Waals surface area contributed by atoms with E-state index in [0.717, 1.165) is 10.0 Å². The fourth-order valence-corrected chi connectivity index (χ4v) is 1.60. The van der Waals surface area contributed by atoms with Crippen LogP contribution in [0.5, 0.6) is 0 Å². The van der Waals surface area contributed by atoms with Crippen molar-refractivity contribution in [2.24, 2.45) is 0 Å². The van der Waals surface area contributed by atoms with Gasteiger partial charge in [-0.2, -0.15) is 0 Å². The van der Waals surface area contributed by atoms with Crippen molar-refractivity contribution in [1.29, 1.82) is 0 Å². The molecule has 1 aromatic carbocycles. The normalized spacial score (nSPS) is 12.6. The summed E-state index contributed by atoms with van der Waals surface area (Å²) in [6, 6.07) is 7.42. The lowest BCUT2D eigenvalue weighted by Gasteiger charge is -2.03. The summed E-state index contributed by atoms with van der Waals surface area (Å²) in [5, 5.41) is 0. The quantitative estimate of drug-likeness (QED) is 0.603. The molecule has 0 aromatic heterocycles. The minimum atomic E-state index is -0.129. The van der Waals surface area contributed by atoms with Crippen LogP contribution >= 0.6 is 31.9 Å². The van der Waals surface area contributed by atoms with E-state index in [1.807, 2.05) is 31.2 Å². The van der Waals surface area contributed by atoms with Gasteiger partial charge in [0.05, 0.1) is 4.83 Å². The Kier molecular flexibility index (Phi) is 3.47. The highest BCUT2D eigenvalue weighted by atomic mass is 79.9. The Morgan fingerprint density at radius 1 is 1.42 bits per heavy atom. The highest BCUT2D eigenvalue weighted by Gasteiger charge is 2.13. The van der Waals surface area contributed by atoms with E-state index in [-0.39, 0.29) is 10.6 Å². The topological polar surface area (TPSA) is 17.1 Å². The number of rotatable bonds is 2. The van der Waals surface area contributed by atoms with Crippen LogP contribution in [0.15, 0.2) is 28.7 Å². The first-order chi connectivity index (χ1) is 5.63. The number of alkyl halides is 1. The molecule has 0 unspecified atom stereocenters. The van der Waals surface area contributed by atoms with Crippen molar-refractivity contribution in [1.82, 2.24) is 0 Å². The van der Waals surface area contributed by atoms with E-state index >= 15 is 0 Å². The number of halogens is 2. The van der Waals surface area contributed by atoms with Crippen LogP contribution in [0, 0.1) is 0 Å². The molecule has 0 heterocycles. The standard InChI is InChI=1S/C9H8Br2O/c1-6(10)9(12)7-4-2-3-5-8(7)11/h2-6H,1H3/t6-/m0/s1. The molecular formula is C9H8Br2O. The van der Waals surface area contributed by atoms with Gasteiger partial charge in [-0.15, -0.1) is 0 Å². The van der Waals surface area contributed by atoms with Gasteiger partial charge in [-0.05, 0) is 13.0 Å². The van der Waals surface area contributed by atoms with E-state index < -0.39 is 0 Å². The van der Waals surface area contributed by atoms with Crippen LogP contribution in [-0.4, -0.2) is 10.6 Å². The zero-order valence-corrected chi connectivity index (χ0v) is 9.72. The SMILES string of the molecule is C[C@H](Br)C(=O)c1ccccc1Br. The van der Waals surface area contributed by atoms with Gasteiger partial charge in [0, 0.05) is 10.0 Å². The van der Waals surface area contributed by atoms with Crippen molar-refractivity contribution in [2.75, 3.05) is 0 Å². The molecule has 0 radical (unpaired) electrons. The molecule has 0 spiro atoms. The average Bonchev–Trinajstić information content (AvgIpc) is 2.04. The first-order valence-electron chi connectivity index (χ1n) is 3.55. The largest absolute Gasteiger partial charge is 0.293 e. The molecule has 1 atom stereocenters. The molecule has 1 aromatic rings. The van der Waals surface area contributed by atoms with Gasteiger partial charge in [0.2, 0.25) is 0 Å². The number of carbonyl (C=O) groups is 1. The van der Waals surface area contributed by atoms with Crippen LogP contribution in [0.1, 0.15) is 17.3 Å². The van der Waals surface area contributed by atoms with Gasteiger partial charge in [0.1, 0.15) is 0 Å². The summed E-state index contributed by atoms with van der Waals surface area (Å²) >= 11 is 6.56. The van der Waals surface area contributed by atoms with Gasteiger partial charge in [0.25, 0.3) is 0 Å². The zero-order chi connectivity index (χ0) is 9.14. The third-order valence-corrected chi connectivity index (χ3v) is 2.61. The summed E-state index contributed by atoms with van der Waals surface area (Å²) in [4.78, 5) is 11.4. The van der Waals surface area contributed by atoms with E-state index in [1.165, 1.54) is 0 Å². The number of ketones is 1. The highest BCUT2D eigenvalue weighted by molar-refractivity contribution is 9.10. The van der Waals surface area contributed by atoms with E-state index in [1.54, 1.807) is 0 Å². The van der Waals surface area contributed by atoms with Crippen molar-refractivity contribution >= 4 is 37.6 Å². The Bertz CT molecular complexity index is 294. The molecule has 0 amide bonds. The number of Topliss-reactive ketones (excluding diaryl/α,β-unsaturated/α-hetero) is 1. The Hall–Kier alpha value is -0.150. The molecule has 0 saturated heterocycles. The summed E-state index contributed by atoms with van der Waals surface area (Å²) in [6.07, 6.45) is 0. The molecule has 1 nitrogen and oxygen atoms in total. The summed E-state index contributed by atoms with van der Waals surface area (Å²) in [6.45, 7) is 1.82. The monoisotopic (exact) mass is 290 g/mol. The predicted molar refractivity (Wildman–Crippen MR) is 56.9 cm³/mol. The van der Waals surface area contributed by atoms with Crippen molar-refractivity contribution in [3.63, 3.8) is 0 Å². The summed E-state index contributed by atoms with van der Waals surface area (Å²) in [7, 11) is 0. The van der Waals surface area contributed by atoms with Crippen LogP contribution in [0.3, 0.4) is 0 Å². The first kappa shape index (κ1) is 9.93. The molecule has 12 heavy (non-hydrogen) atoms. The second-order valence-corrected chi connectivity index (χ2v) is 4.69. The number of hydrogen-bond donors (Lipinski definition) is 0. The predicted octanol–water partition coefficient (Wildman–Crippen LogP) is 3.42. The molecule has 0 aliphatic rings. The highest BCUT2D eigenvalue weighted by Crippen LogP contribution is 2.19. The van der Waals surface area contributed by atoms with Crippen molar-refractivity contribution < 1.29 is 4.79 Å². The van der Waals surface area contributed by atoms with Gasteiger partial charge in [-0.25, -0.2) is 0 Å². The molecular weight excluding hydrogens is 284 g/mol. The Balaban J connectivity index is 3.03. The summed E-state index contributed by atoms with van der Waals surface area (Å²) in [5.74, 6) is 0.0995. The lowest BCUT2D eigenvalue weighted by molar-refractivity contribution is 0.0995. The molecule has 0 saturated carbocycles. The molecule has 0 bridgehead atoms. The van der Waals surface area contributed by atoms with E-state index in [9.17, 15) is 4.79 Å². The van der Waals surface area contributed by atoms with Crippen LogP contribution in [0.25, 0.3) is 0 Å². The maximum Gasteiger partial charge on any atom is 0.177 e. The lowest BCUT2D eigenvalue weighted by atomic mass is 10.1. The maximum absolute atomic E-state index is 11.5. The third-order valence-electron chi connectivity index (χ3n) is 1.50. The molecule has 64 valence electrons.